The quantitative estimate of drug-likeness (QED) is 0.322. The summed E-state index contributed by atoms with van der Waals surface area (Å²) in [6.07, 6.45) is 7.05. The van der Waals surface area contributed by atoms with Gasteiger partial charge in [0.25, 0.3) is 11.8 Å². The molecule has 0 bridgehead atoms. The van der Waals surface area contributed by atoms with E-state index in [0.717, 1.165) is 48.1 Å². The molecule has 5 rings (SSSR count). The van der Waals surface area contributed by atoms with Gasteiger partial charge in [-0.15, -0.1) is 0 Å². The smallest absolute Gasteiger partial charge is 0.270 e. The Morgan fingerprint density at radius 1 is 1.16 bits per heavy atom. The Morgan fingerprint density at radius 2 is 1.97 bits per heavy atom. The number of rotatable bonds is 8. The van der Waals surface area contributed by atoms with Gasteiger partial charge in [0.05, 0.1) is 24.0 Å². The third-order valence-corrected chi connectivity index (χ3v) is 7.38. The van der Waals surface area contributed by atoms with Gasteiger partial charge < -0.3 is 26.1 Å². The number of carbonyl (C=O) groups is 3. The molecule has 10 nitrogen and oxygen atoms in total. The second kappa shape index (κ2) is 10.4. The molecule has 3 heterocycles. The van der Waals surface area contributed by atoms with Crippen molar-refractivity contribution in [3.05, 3.63) is 76.8 Å². The molecule has 1 aliphatic rings. The first kappa shape index (κ1) is 24.4. The highest BCUT2D eigenvalue weighted by Gasteiger charge is 2.36. The highest BCUT2D eigenvalue weighted by molar-refractivity contribution is 7.09. The van der Waals surface area contributed by atoms with E-state index in [1.165, 1.54) is 11.2 Å². The van der Waals surface area contributed by atoms with Gasteiger partial charge in [-0.2, -0.15) is 4.37 Å². The molecule has 0 spiro atoms. The highest BCUT2D eigenvalue weighted by Crippen LogP contribution is 2.32. The predicted molar refractivity (Wildman–Crippen MR) is 139 cm³/mol. The highest BCUT2D eigenvalue weighted by atomic mass is 32.1. The molecule has 37 heavy (non-hydrogen) atoms. The summed E-state index contributed by atoms with van der Waals surface area (Å²) < 4.78 is 9.52. The number of benzene rings is 1. The first-order chi connectivity index (χ1) is 17.9. The number of pyridine rings is 1. The third kappa shape index (κ3) is 5.03. The van der Waals surface area contributed by atoms with Crippen molar-refractivity contribution in [1.29, 1.82) is 0 Å². The second-order valence-electron chi connectivity index (χ2n) is 9.00. The summed E-state index contributed by atoms with van der Waals surface area (Å²) in [5.41, 5.74) is 12.6. The van der Waals surface area contributed by atoms with Crippen LogP contribution in [0.3, 0.4) is 0 Å². The van der Waals surface area contributed by atoms with Crippen LogP contribution >= 0.6 is 11.5 Å². The molecular weight excluding hydrogens is 492 g/mol. The maximum atomic E-state index is 14.0. The molecule has 11 heteroatoms. The Kier molecular flexibility index (Phi) is 6.87. The van der Waals surface area contributed by atoms with Crippen LogP contribution in [0.25, 0.3) is 10.9 Å². The van der Waals surface area contributed by atoms with Crippen LogP contribution in [0.1, 0.15) is 63.2 Å². The number of furan rings is 1. The second-order valence-corrected chi connectivity index (χ2v) is 9.77. The van der Waals surface area contributed by atoms with Crippen molar-refractivity contribution in [2.45, 2.75) is 44.3 Å². The number of aromatic nitrogens is 2. The van der Waals surface area contributed by atoms with Crippen molar-refractivity contribution in [3.63, 3.8) is 0 Å². The molecule has 0 saturated heterocycles. The SMILES string of the molecule is NC(=O)c1nsc(C(=O)N(Cc2ccco2)C(C(=O)NC2CCCC2)c2ccc3ncccc3c2)c1N. The Morgan fingerprint density at radius 3 is 2.68 bits per heavy atom. The number of nitrogens with zero attached hydrogens (tertiary/aromatic N) is 3. The molecule has 1 atom stereocenters. The number of amides is 3. The van der Waals surface area contributed by atoms with Gasteiger partial charge in [-0.05, 0) is 60.3 Å². The van der Waals surface area contributed by atoms with Gasteiger partial charge in [-0.25, -0.2) is 0 Å². The topological polar surface area (TPSA) is 157 Å². The van der Waals surface area contributed by atoms with Gasteiger partial charge in [-0.3, -0.25) is 19.4 Å². The predicted octanol–water partition coefficient (Wildman–Crippen LogP) is 3.41. The lowest BCUT2D eigenvalue weighted by atomic mass is 10.0. The minimum Gasteiger partial charge on any atom is -0.467 e. The Bertz CT molecular complexity index is 1440. The van der Waals surface area contributed by atoms with Crippen molar-refractivity contribution in [3.8, 4) is 0 Å². The average molecular weight is 519 g/mol. The lowest BCUT2D eigenvalue weighted by molar-refractivity contribution is -0.126. The number of hydrogen-bond donors (Lipinski definition) is 3. The van der Waals surface area contributed by atoms with Gasteiger partial charge in [-0.1, -0.05) is 25.0 Å². The standard InChI is InChI=1S/C26H26N6O4S/c27-20-21(24(28)33)31-37-23(20)26(35)32(14-18-8-4-12-36-18)22(25(34)30-17-6-1-2-7-17)16-9-10-19-15(13-16)5-3-11-29-19/h3-5,8-13,17,22H,1-2,6-7,14,27H2,(H2,28,33)(H,30,34). The molecule has 1 aromatic carbocycles. The Balaban J connectivity index is 1.61. The summed E-state index contributed by atoms with van der Waals surface area (Å²) in [6.45, 7) is -0.0110. The van der Waals surface area contributed by atoms with E-state index in [1.54, 1.807) is 24.4 Å². The van der Waals surface area contributed by atoms with Crippen LogP contribution in [0.2, 0.25) is 0 Å². The Labute approximate surface area is 216 Å². The fourth-order valence-corrected chi connectivity index (χ4v) is 5.46. The van der Waals surface area contributed by atoms with Crippen molar-refractivity contribution in [1.82, 2.24) is 19.6 Å². The number of nitrogen functional groups attached to an aromatic ring is 1. The van der Waals surface area contributed by atoms with Crippen LogP contribution in [-0.4, -0.2) is 38.0 Å². The summed E-state index contributed by atoms with van der Waals surface area (Å²) >= 11 is 0.774. The van der Waals surface area contributed by atoms with Crippen molar-refractivity contribution < 1.29 is 18.8 Å². The Hall–Kier alpha value is -4.25. The van der Waals surface area contributed by atoms with E-state index < -0.39 is 17.9 Å². The summed E-state index contributed by atoms with van der Waals surface area (Å²) in [6, 6.07) is 11.6. The van der Waals surface area contributed by atoms with E-state index >= 15 is 0 Å². The van der Waals surface area contributed by atoms with Gasteiger partial charge in [0.15, 0.2) is 5.69 Å². The summed E-state index contributed by atoms with van der Waals surface area (Å²) in [5.74, 6) is -1.22. The molecule has 1 saturated carbocycles. The van der Waals surface area contributed by atoms with Crippen LogP contribution in [0.4, 0.5) is 5.69 Å². The zero-order valence-corrected chi connectivity index (χ0v) is 20.7. The van der Waals surface area contributed by atoms with Crippen LogP contribution in [0.15, 0.2) is 59.3 Å². The normalized spacial score (nSPS) is 14.5. The number of fused-ring (bicyclic) bond motifs is 1. The van der Waals surface area contributed by atoms with Crippen molar-refractivity contribution in [2.24, 2.45) is 5.73 Å². The average Bonchev–Trinajstić information content (AvgIpc) is 3.66. The van der Waals surface area contributed by atoms with Crippen LogP contribution < -0.4 is 16.8 Å². The zero-order chi connectivity index (χ0) is 25.9. The van der Waals surface area contributed by atoms with Crippen molar-refractivity contribution >= 4 is 45.8 Å². The van der Waals surface area contributed by atoms with Gasteiger partial charge in [0.1, 0.15) is 16.7 Å². The van der Waals surface area contributed by atoms with E-state index in [4.69, 9.17) is 15.9 Å². The molecule has 3 aromatic heterocycles. The number of nitrogens with two attached hydrogens (primary N) is 2. The van der Waals surface area contributed by atoms with Crippen LogP contribution in [0.5, 0.6) is 0 Å². The van der Waals surface area contributed by atoms with Gasteiger partial charge >= 0.3 is 0 Å². The van der Waals surface area contributed by atoms with E-state index in [2.05, 4.69) is 14.7 Å². The largest absolute Gasteiger partial charge is 0.467 e. The minimum absolute atomic E-state index is 0.0110. The fraction of sp³-hybridized carbons (Fsp3) is 0.269. The van der Waals surface area contributed by atoms with E-state index in [-0.39, 0.29) is 34.8 Å². The van der Waals surface area contributed by atoms with E-state index in [9.17, 15) is 14.4 Å². The monoisotopic (exact) mass is 518 g/mol. The molecule has 0 aliphatic heterocycles. The number of carbonyl (C=O) groups excluding carboxylic acids is 3. The minimum atomic E-state index is -1.01. The molecular formula is C26H26N6O4S. The molecule has 4 aromatic rings. The number of anilines is 1. The first-order valence-corrected chi connectivity index (χ1v) is 12.7. The van der Waals surface area contributed by atoms with Gasteiger partial charge in [0.2, 0.25) is 5.91 Å². The fourth-order valence-electron chi connectivity index (χ4n) is 4.70. The summed E-state index contributed by atoms with van der Waals surface area (Å²) in [7, 11) is 0. The van der Waals surface area contributed by atoms with Gasteiger partial charge in [0, 0.05) is 17.6 Å². The van der Waals surface area contributed by atoms with Crippen LogP contribution in [-0.2, 0) is 11.3 Å². The zero-order valence-electron chi connectivity index (χ0n) is 19.9. The molecule has 1 aliphatic carbocycles. The third-order valence-electron chi connectivity index (χ3n) is 6.53. The number of nitrogens with one attached hydrogen (secondary N) is 1. The molecule has 3 amide bonds. The maximum absolute atomic E-state index is 14.0. The van der Waals surface area contributed by atoms with Crippen LogP contribution in [0, 0.1) is 0 Å². The molecule has 0 radical (unpaired) electrons. The van der Waals surface area contributed by atoms with E-state index in [0.29, 0.717) is 11.3 Å². The summed E-state index contributed by atoms with van der Waals surface area (Å²) in [5, 5.41) is 3.96. The first-order valence-electron chi connectivity index (χ1n) is 12.0. The molecule has 5 N–H and O–H groups in total. The van der Waals surface area contributed by atoms with E-state index in [1.807, 2.05) is 24.3 Å². The van der Waals surface area contributed by atoms with Crippen molar-refractivity contribution in [2.75, 3.05) is 5.73 Å². The lowest BCUT2D eigenvalue weighted by Gasteiger charge is -2.31. The lowest BCUT2D eigenvalue weighted by Crippen LogP contribution is -2.45. The maximum Gasteiger partial charge on any atom is 0.270 e. The molecule has 190 valence electrons. The number of primary amides is 1. The summed E-state index contributed by atoms with van der Waals surface area (Å²) in [4.78, 5) is 45.4. The molecule has 1 fully saturated rings. The molecule has 1 unspecified atom stereocenters. The number of hydrogen-bond acceptors (Lipinski definition) is 8.